The minimum atomic E-state index is 0.195. The quantitative estimate of drug-likeness (QED) is 0.181. The van der Waals surface area contributed by atoms with Gasteiger partial charge in [-0.3, -0.25) is 0 Å². The standard InChI is InChI=1S/C25H15Cl2N5O2/c26-17-6-7-19-18(10-17)23(14-4-2-1-3-5-14)31-25(30-19)32-28-12-16-8-15-9-21-22(34-13-33-21)11-20(15)29-24(16)27/h1-12H,13H2,(H,30,31,32)/b28-12+. The Morgan fingerprint density at radius 1 is 0.853 bits per heavy atom. The van der Waals surface area contributed by atoms with Gasteiger partial charge in [0.05, 0.1) is 22.9 Å². The van der Waals surface area contributed by atoms with Gasteiger partial charge >= 0.3 is 0 Å². The van der Waals surface area contributed by atoms with Crippen LogP contribution < -0.4 is 14.9 Å². The molecule has 166 valence electrons. The third-order valence-corrected chi connectivity index (χ3v) is 5.90. The van der Waals surface area contributed by atoms with Gasteiger partial charge in [-0.1, -0.05) is 53.5 Å². The third kappa shape index (κ3) is 3.85. The molecule has 9 heteroatoms. The molecule has 0 aliphatic carbocycles. The molecule has 0 saturated carbocycles. The summed E-state index contributed by atoms with van der Waals surface area (Å²) in [5, 5.41) is 6.96. The van der Waals surface area contributed by atoms with Gasteiger partial charge in [0, 0.05) is 33.0 Å². The molecule has 6 rings (SSSR count). The molecule has 0 amide bonds. The summed E-state index contributed by atoms with van der Waals surface area (Å²) in [4.78, 5) is 13.7. The fraction of sp³-hybridized carbons (Fsp3) is 0.0400. The number of halogens is 2. The molecule has 34 heavy (non-hydrogen) atoms. The van der Waals surface area contributed by atoms with Crippen LogP contribution in [0.1, 0.15) is 5.56 Å². The minimum absolute atomic E-state index is 0.195. The molecule has 7 nitrogen and oxygen atoms in total. The van der Waals surface area contributed by atoms with E-state index < -0.39 is 0 Å². The molecule has 1 aliphatic heterocycles. The maximum absolute atomic E-state index is 6.39. The summed E-state index contributed by atoms with van der Waals surface area (Å²) in [7, 11) is 0. The molecular weight excluding hydrogens is 473 g/mol. The Morgan fingerprint density at radius 2 is 1.68 bits per heavy atom. The van der Waals surface area contributed by atoms with Crippen LogP contribution in [0.4, 0.5) is 5.95 Å². The van der Waals surface area contributed by atoms with E-state index in [1.165, 1.54) is 0 Å². The normalized spacial score (nSPS) is 12.6. The second kappa shape index (κ2) is 8.44. The Kier molecular flexibility index (Phi) is 5.13. The van der Waals surface area contributed by atoms with Crippen molar-refractivity contribution in [3.8, 4) is 22.8 Å². The summed E-state index contributed by atoms with van der Waals surface area (Å²) < 4.78 is 10.9. The van der Waals surface area contributed by atoms with Crippen LogP contribution in [0.25, 0.3) is 33.1 Å². The highest BCUT2D eigenvalue weighted by Crippen LogP contribution is 2.36. The number of fused-ring (bicyclic) bond motifs is 3. The van der Waals surface area contributed by atoms with E-state index in [0.29, 0.717) is 38.7 Å². The molecule has 3 heterocycles. The van der Waals surface area contributed by atoms with Crippen molar-refractivity contribution in [2.24, 2.45) is 5.10 Å². The molecule has 0 radical (unpaired) electrons. The number of ether oxygens (including phenoxy) is 2. The lowest BCUT2D eigenvalue weighted by Crippen LogP contribution is -2.00. The van der Waals surface area contributed by atoms with Gasteiger partial charge in [-0.05, 0) is 30.3 Å². The number of nitrogens with zero attached hydrogens (tertiary/aromatic N) is 4. The molecule has 1 N–H and O–H groups in total. The fourth-order valence-corrected chi connectivity index (χ4v) is 4.14. The molecule has 0 spiro atoms. The van der Waals surface area contributed by atoms with E-state index in [-0.39, 0.29) is 6.79 Å². The number of aromatic nitrogens is 3. The van der Waals surface area contributed by atoms with E-state index in [1.54, 1.807) is 12.3 Å². The third-order valence-electron chi connectivity index (χ3n) is 5.36. The lowest BCUT2D eigenvalue weighted by Gasteiger charge is -2.09. The average Bonchev–Trinajstić information content (AvgIpc) is 3.30. The number of pyridine rings is 1. The van der Waals surface area contributed by atoms with Crippen molar-refractivity contribution in [2.45, 2.75) is 0 Å². The summed E-state index contributed by atoms with van der Waals surface area (Å²) in [6.45, 7) is 0.195. The zero-order chi connectivity index (χ0) is 23.1. The van der Waals surface area contributed by atoms with E-state index in [2.05, 4.69) is 25.5 Å². The van der Waals surface area contributed by atoms with Crippen LogP contribution in [-0.4, -0.2) is 28.0 Å². The summed E-state index contributed by atoms with van der Waals surface area (Å²) in [5.41, 5.74) is 6.71. The van der Waals surface area contributed by atoms with Gasteiger partial charge in [-0.15, -0.1) is 0 Å². The van der Waals surface area contributed by atoms with Crippen LogP contribution in [0, 0.1) is 0 Å². The number of anilines is 1. The molecule has 2 aromatic heterocycles. The van der Waals surface area contributed by atoms with Crippen LogP contribution in [0.2, 0.25) is 10.2 Å². The molecule has 0 bridgehead atoms. The number of hydrazone groups is 1. The summed E-state index contributed by atoms with van der Waals surface area (Å²) in [6, 6.07) is 20.9. The molecule has 0 saturated heterocycles. The van der Waals surface area contributed by atoms with Crippen LogP contribution in [0.5, 0.6) is 11.5 Å². The highest BCUT2D eigenvalue weighted by Gasteiger charge is 2.16. The van der Waals surface area contributed by atoms with Gasteiger partial charge in [-0.25, -0.2) is 20.4 Å². The lowest BCUT2D eigenvalue weighted by atomic mass is 10.1. The lowest BCUT2D eigenvalue weighted by molar-refractivity contribution is 0.174. The Bertz CT molecular complexity index is 1590. The molecule has 5 aromatic rings. The average molecular weight is 488 g/mol. The number of nitrogens with one attached hydrogen (secondary N) is 1. The molecule has 0 unspecified atom stereocenters. The van der Waals surface area contributed by atoms with Gasteiger partial charge < -0.3 is 9.47 Å². The first-order valence-corrected chi connectivity index (χ1v) is 11.1. The minimum Gasteiger partial charge on any atom is -0.454 e. The number of hydrogen-bond acceptors (Lipinski definition) is 7. The van der Waals surface area contributed by atoms with Gasteiger partial charge in [0.15, 0.2) is 11.5 Å². The Morgan fingerprint density at radius 3 is 2.53 bits per heavy atom. The Hall–Kier alpha value is -3.94. The van der Waals surface area contributed by atoms with Crippen molar-refractivity contribution in [1.82, 2.24) is 15.0 Å². The first kappa shape index (κ1) is 20.7. The van der Waals surface area contributed by atoms with Gasteiger partial charge in [-0.2, -0.15) is 5.10 Å². The SMILES string of the molecule is Clc1ccc2nc(N/N=C/c3cc4cc5c(cc4nc3Cl)OCO5)nc(-c3ccccc3)c2c1. The smallest absolute Gasteiger partial charge is 0.244 e. The van der Waals surface area contributed by atoms with Gasteiger partial charge in [0.25, 0.3) is 0 Å². The van der Waals surface area contributed by atoms with Crippen molar-refractivity contribution in [3.63, 3.8) is 0 Å². The molecule has 0 fully saturated rings. The summed E-state index contributed by atoms with van der Waals surface area (Å²) in [6.07, 6.45) is 1.58. The molecular formula is C25H15Cl2N5O2. The Labute approximate surface area is 204 Å². The van der Waals surface area contributed by atoms with Crippen molar-refractivity contribution < 1.29 is 9.47 Å². The van der Waals surface area contributed by atoms with E-state index in [0.717, 1.165) is 27.5 Å². The van der Waals surface area contributed by atoms with Crippen molar-refractivity contribution in [1.29, 1.82) is 0 Å². The second-order valence-electron chi connectivity index (χ2n) is 7.56. The zero-order valence-corrected chi connectivity index (χ0v) is 19.0. The van der Waals surface area contributed by atoms with Crippen molar-refractivity contribution in [3.05, 3.63) is 82.5 Å². The largest absolute Gasteiger partial charge is 0.454 e. The van der Waals surface area contributed by atoms with Gasteiger partial charge in [0.2, 0.25) is 12.7 Å². The molecule has 1 aliphatic rings. The number of rotatable bonds is 4. The van der Waals surface area contributed by atoms with E-state index in [9.17, 15) is 0 Å². The first-order chi connectivity index (χ1) is 16.6. The highest BCUT2D eigenvalue weighted by molar-refractivity contribution is 6.32. The van der Waals surface area contributed by atoms with Crippen LogP contribution in [0.15, 0.2) is 71.8 Å². The number of hydrogen-bond donors (Lipinski definition) is 1. The highest BCUT2D eigenvalue weighted by atomic mass is 35.5. The Balaban J connectivity index is 1.34. The predicted molar refractivity (Wildman–Crippen MR) is 134 cm³/mol. The van der Waals surface area contributed by atoms with Crippen molar-refractivity contribution >= 4 is 57.2 Å². The summed E-state index contributed by atoms with van der Waals surface area (Å²) >= 11 is 12.6. The first-order valence-electron chi connectivity index (χ1n) is 10.4. The van der Waals surface area contributed by atoms with E-state index in [4.69, 9.17) is 32.7 Å². The van der Waals surface area contributed by atoms with Crippen LogP contribution in [-0.2, 0) is 0 Å². The topological polar surface area (TPSA) is 81.5 Å². The monoisotopic (exact) mass is 487 g/mol. The number of benzene rings is 3. The summed E-state index contributed by atoms with van der Waals surface area (Å²) in [5.74, 6) is 1.68. The van der Waals surface area contributed by atoms with E-state index in [1.807, 2.05) is 60.7 Å². The zero-order valence-electron chi connectivity index (χ0n) is 17.5. The maximum atomic E-state index is 6.39. The van der Waals surface area contributed by atoms with Crippen LogP contribution >= 0.6 is 23.2 Å². The van der Waals surface area contributed by atoms with Gasteiger partial charge in [0.1, 0.15) is 5.15 Å². The van der Waals surface area contributed by atoms with Crippen LogP contribution in [0.3, 0.4) is 0 Å². The second-order valence-corrected chi connectivity index (χ2v) is 8.35. The predicted octanol–water partition coefficient (Wildman–Crippen LogP) is 6.33. The molecule has 0 atom stereocenters. The molecule has 3 aromatic carbocycles. The maximum Gasteiger partial charge on any atom is 0.244 e. The fourth-order valence-electron chi connectivity index (χ4n) is 3.77. The van der Waals surface area contributed by atoms with E-state index >= 15 is 0 Å². The van der Waals surface area contributed by atoms with Crippen molar-refractivity contribution in [2.75, 3.05) is 12.2 Å².